The summed E-state index contributed by atoms with van der Waals surface area (Å²) in [5.41, 5.74) is 0.0865. The van der Waals surface area contributed by atoms with Crippen LogP contribution in [-0.4, -0.2) is 61.9 Å². The Morgan fingerprint density at radius 2 is 1.88 bits per heavy atom. The minimum Gasteiger partial charge on any atom is -0.493 e. The summed E-state index contributed by atoms with van der Waals surface area (Å²) >= 11 is 0. The lowest BCUT2D eigenvalue weighted by Crippen LogP contribution is -2.54. The van der Waals surface area contributed by atoms with Gasteiger partial charge < -0.3 is 24.2 Å². The number of carboxylic acids is 1. The SMILES string of the molecule is CCC(CC)(C(=O)N1CCOC(C(=O)O)C1)c1ccc(OC)c(OC)c1. The van der Waals surface area contributed by atoms with Crippen molar-refractivity contribution in [2.24, 2.45) is 0 Å². The summed E-state index contributed by atoms with van der Waals surface area (Å²) in [5.74, 6) is 0.0352. The third-order valence-electron chi connectivity index (χ3n) is 5.18. The highest BCUT2D eigenvalue weighted by Gasteiger charge is 2.42. The Bertz CT molecular complexity index is 655. The van der Waals surface area contributed by atoms with Crippen LogP contribution in [0, 0.1) is 0 Å². The molecule has 26 heavy (non-hydrogen) atoms. The highest BCUT2D eigenvalue weighted by Crippen LogP contribution is 2.39. The molecular formula is C19H27NO6. The molecule has 1 N–H and O–H groups in total. The van der Waals surface area contributed by atoms with E-state index in [0.717, 1.165) is 5.56 Å². The van der Waals surface area contributed by atoms with E-state index in [1.54, 1.807) is 25.2 Å². The van der Waals surface area contributed by atoms with Gasteiger partial charge in [0.25, 0.3) is 0 Å². The van der Waals surface area contributed by atoms with Crippen molar-refractivity contribution in [1.29, 1.82) is 0 Å². The number of hydrogen-bond donors (Lipinski definition) is 1. The number of amides is 1. The summed E-state index contributed by atoms with van der Waals surface area (Å²) in [6.07, 6.45) is 0.198. The van der Waals surface area contributed by atoms with Gasteiger partial charge in [0.15, 0.2) is 17.6 Å². The molecule has 1 aromatic rings. The number of morpholine rings is 1. The lowest BCUT2D eigenvalue weighted by molar-refractivity contribution is -0.161. The summed E-state index contributed by atoms with van der Waals surface area (Å²) in [6.45, 7) is 4.60. The topological polar surface area (TPSA) is 85.3 Å². The van der Waals surface area contributed by atoms with Crippen LogP contribution in [0.2, 0.25) is 0 Å². The Kier molecular flexibility index (Phi) is 6.47. The summed E-state index contributed by atoms with van der Waals surface area (Å²) in [6, 6.07) is 5.50. The van der Waals surface area contributed by atoms with E-state index in [9.17, 15) is 14.7 Å². The zero-order valence-corrected chi connectivity index (χ0v) is 15.8. The minimum atomic E-state index is -1.05. The maximum Gasteiger partial charge on any atom is 0.334 e. The van der Waals surface area contributed by atoms with E-state index in [4.69, 9.17) is 14.2 Å². The summed E-state index contributed by atoms with van der Waals surface area (Å²) in [4.78, 5) is 26.3. The number of rotatable bonds is 7. The molecule has 7 nitrogen and oxygen atoms in total. The van der Waals surface area contributed by atoms with Gasteiger partial charge in [-0.15, -0.1) is 0 Å². The van der Waals surface area contributed by atoms with Gasteiger partial charge in [0.05, 0.1) is 32.8 Å². The van der Waals surface area contributed by atoms with Crippen molar-refractivity contribution in [2.45, 2.75) is 38.2 Å². The highest BCUT2D eigenvalue weighted by molar-refractivity contribution is 5.89. The van der Waals surface area contributed by atoms with Gasteiger partial charge in [-0.3, -0.25) is 4.79 Å². The number of carboxylic acid groups (broad SMARTS) is 1. The fraction of sp³-hybridized carbons (Fsp3) is 0.579. The van der Waals surface area contributed by atoms with Crippen molar-refractivity contribution in [3.63, 3.8) is 0 Å². The number of carbonyl (C=O) groups excluding carboxylic acids is 1. The molecule has 1 amide bonds. The van der Waals surface area contributed by atoms with Crippen LogP contribution in [0.1, 0.15) is 32.3 Å². The Morgan fingerprint density at radius 3 is 2.42 bits per heavy atom. The van der Waals surface area contributed by atoms with Crippen molar-refractivity contribution in [3.05, 3.63) is 23.8 Å². The highest BCUT2D eigenvalue weighted by atomic mass is 16.5. The third kappa shape index (κ3) is 3.62. The predicted molar refractivity (Wildman–Crippen MR) is 95.8 cm³/mol. The first-order valence-corrected chi connectivity index (χ1v) is 8.79. The number of hydrogen-bond acceptors (Lipinski definition) is 5. The van der Waals surface area contributed by atoms with Crippen LogP contribution in [0.15, 0.2) is 18.2 Å². The second kappa shape index (κ2) is 8.40. The second-order valence-corrected chi connectivity index (χ2v) is 6.31. The number of benzene rings is 1. The van der Waals surface area contributed by atoms with Crippen molar-refractivity contribution < 1.29 is 28.9 Å². The Balaban J connectivity index is 2.39. The molecule has 7 heteroatoms. The molecule has 2 rings (SSSR count). The van der Waals surface area contributed by atoms with E-state index >= 15 is 0 Å². The number of aliphatic carboxylic acids is 1. The van der Waals surface area contributed by atoms with Crippen molar-refractivity contribution >= 4 is 11.9 Å². The molecule has 0 radical (unpaired) electrons. The fourth-order valence-electron chi connectivity index (χ4n) is 3.50. The number of methoxy groups -OCH3 is 2. The molecule has 1 aliphatic rings. The third-order valence-corrected chi connectivity index (χ3v) is 5.18. The van der Waals surface area contributed by atoms with Crippen LogP contribution in [0.3, 0.4) is 0 Å². The summed E-state index contributed by atoms with van der Waals surface area (Å²) in [5, 5.41) is 9.20. The van der Waals surface area contributed by atoms with Crippen molar-refractivity contribution in [3.8, 4) is 11.5 Å². The maximum atomic E-state index is 13.4. The molecular weight excluding hydrogens is 338 g/mol. The molecule has 0 saturated carbocycles. The molecule has 1 aromatic carbocycles. The van der Waals surface area contributed by atoms with Crippen molar-refractivity contribution in [2.75, 3.05) is 33.9 Å². The van der Waals surface area contributed by atoms with Gasteiger partial charge in [-0.1, -0.05) is 19.9 Å². The van der Waals surface area contributed by atoms with Gasteiger partial charge >= 0.3 is 5.97 Å². The standard InChI is InChI=1S/C19H27NO6/c1-5-19(6-2,13-7-8-14(24-3)15(11-13)25-4)18(23)20-9-10-26-16(12-20)17(21)22/h7-8,11,16H,5-6,9-10,12H2,1-4H3,(H,21,22). The van der Waals surface area contributed by atoms with Crippen LogP contribution in [-0.2, 0) is 19.7 Å². The average Bonchev–Trinajstić information content (AvgIpc) is 2.69. The molecule has 1 aliphatic heterocycles. The summed E-state index contributed by atoms with van der Waals surface area (Å²) < 4.78 is 15.9. The normalized spacial score (nSPS) is 17.7. The monoisotopic (exact) mass is 365 g/mol. The first-order chi connectivity index (χ1) is 12.4. The van der Waals surface area contributed by atoms with Gasteiger partial charge in [-0.2, -0.15) is 0 Å². The number of carbonyl (C=O) groups is 2. The van der Waals surface area contributed by atoms with Gasteiger partial charge in [0.1, 0.15) is 0 Å². The predicted octanol–water partition coefficient (Wildman–Crippen LogP) is 2.07. The van der Waals surface area contributed by atoms with Crippen LogP contribution in [0.4, 0.5) is 0 Å². The van der Waals surface area contributed by atoms with Crippen LogP contribution < -0.4 is 9.47 Å². The summed E-state index contributed by atoms with van der Waals surface area (Å²) in [7, 11) is 3.12. The lowest BCUT2D eigenvalue weighted by atomic mass is 9.74. The molecule has 1 atom stereocenters. The largest absolute Gasteiger partial charge is 0.493 e. The smallest absolute Gasteiger partial charge is 0.334 e. The van der Waals surface area contributed by atoms with Crippen LogP contribution >= 0.6 is 0 Å². The molecule has 0 bridgehead atoms. The molecule has 1 heterocycles. The first-order valence-electron chi connectivity index (χ1n) is 8.79. The van der Waals surface area contributed by atoms with Gasteiger partial charge in [-0.25, -0.2) is 4.79 Å². The van der Waals surface area contributed by atoms with Gasteiger partial charge in [-0.05, 0) is 30.5 Å². The fourth-order valence-corrected chi connectivity index (χ4v) is 3.50. The molecule has 0 aromatic heterocycles. The first kappa shape index (κ1) is 20.0. The van der Waals surface area contributed by atoms with Crippen LogP contribution in [0.25, 0.3) is 0 Å². The minimum absolute atomic E-state index is 0.0587. The zero-order valence-electron chi connectivity index (χ0n) is 15.8. The number of ether oxygens (including phenoxy) is 3. The Morgan fingerprint density at radius 1 is 1.23 bits per heavy atom. The molecule has 144 valence electrons. The van der Waals surface area contributed by atoms with E-state index in [-0.39, 0.29) is 19.1 Å². The van der Waals surface area contributed by atoms with E-state index in [2.05, 4.69) is 0 Å². The molecule has 0 spiro atoms. The quantitative estimate of drug-likeness (QED) is 0.796. The average molecular weight is 365 g/mol. The molecule has 1 fully saturated rings. The Labute approximate surface area is 153 Å². The second-order valence-electron chi connectivity index (χ2n) is 6.31. The van der Waals surface area contributed by atoms with Crippen molar-refractivity contribution in [1.82, 2.24) is 4.90 Å². The zero-order chi connectivity index (χ0) is 19.3. The molecule has 0 aliphatic carbocycles. The van der Waals surface area contributed by atoms with E-state index in [1.165, 1.54) is 0 Å². The van der Waals surface area contributed by atoms with Gasteiger partial charge in [0, 0.05) is 6.54 Å². The van der Waals surface area contributed by atoms with Gasteiger partial charge in [0.2, 0.25) is 5.91 Å². The Hall–Kier alpha value is -2.28. The molecule has 1 unspecified atom stereocenters. The lowest BCUT2D eigenvalue weighted by Gasteiger charge is -2.39. The number of nitrogens with zero attached hydrogens (tertiary/aromatic N) is 1. The van der Waals surface area contributed by atoms with E-state index in [0.29, 0.717) is 30.9 Å². The van der Waals surface area contributed by atoms with E-state index < -0.39 is 17.5 Å². The maximum absolute atomic E-state index is 13.4. The molecule has 1 saturated heterocycles. The van der Waals surface area contributed by atoms with E-state index in [1.807, 2.05) is 26.0 Å². The van der Waals surface area contributed by atoms with Crippen LogP contribution in [0.5, 0.6) is 11.5 Å².